The highest BCUT2D eigenvalue weighted by atomic mass is 16.5. The van der Waals surface area contributed by atoms with Crippen molar-refractivity contribution in [2.45, 2.75) is 45.2 Å². The quantitative estimate of drug-likeness (QED) is 0.601. The standard InChI is InChI=1S/C14H28N2O5/c1-5-6-12(9-13(17)18)15-14(19)16(7-8-20-3)11(2)10-21-4/h11-12H,5-10H2,1-4H3,(H,15,19)(H,17,18). The summed E-state index contributed by atoms with van der Waals surface area (Å²) in [5.41, 5.74) is 0. The minimum atomic E-state index is -0.915. The predicted octanol–water partition coefficient (Wildman–Crippen LogP) is 1.32. The molecular formula is C14H28N2O5. The molecule has 2 N–H and O–H groups in total. The van der Waals surface area contributed by atoms with Gasteiger partial charge in [-0.25, -0.2) is 4.79 Å². The summed E-state index contributed by atoms with van der Waals surface area (Å²) in [5, 5.41) is 11.7. The fraction of sp³-hybridized carbons (Fsp3) is 0.857. The van der Waals surface area contributed by atoms with Crippen LogP contribution in [0.4, 0.5) is 4.79 Å². The Bertz CT molecular complexity index is 312. The smallest absolute Gasteiger partial charge is 0.318 e. The van der Waals surface area contributed by atoms with Crippen LogP contribution in [-0.2, 0) is 14.3 Å². The van der Waals surface area contributed by atoms with E-state index in [1.807, 2.05) is 13.8 Å². The Hall–Kier alpha value is -1.34. The Morgan fingerprint density at radius 1 is 1.29 bits per heavy atom. The molecule has 0 aliphatic carbocycles. The molecule has 0 radical (unpaired) electrons. The Morgan fingerprint density at radius 2 is 1.95 bits per heavy atom. The number of aliphatic carboxylic acids is 1. The predicted molar refractivity (Wildman–Crippen MR) is 79.4 cm³/mol. The highest BCUT2D eigenvalue weighted by Crippen LogP contribution is 2.06. The summed E-state index contributed by atoms with van der Waals surface area (Å²) in [6.45, 7) is 5.09. The van der Waals surface area contributed by atoms with Crippen LogP contribution in [0.25, 0.3) is 0 Å². The van der Waals surface area contributed by atoms with Crippen molar-refractivity contribution in [3.05, 3.63) is 0 Å². The van der Waals surface area contributed by atoms with Crippen LogP contribution in [-0.4, -0.2) is 68.1 Å². The lowest BCUT2D eigenvalue weighted by molar-refractivity contribution is -0.137. The molecule has 2 amide bonds. The first kappa shape index (κ1) is 19.7. The number of rotatable bonds is 11. The van der Waals surface area contributed by atoms with Gasteiger partial charge in [0.1, 0.15) is 0 Å². The van der Waals surface area contributed by atoms with Gasteiger partial charge in [-0.05, 0) is 13.3 Å². The van der Waals surface area contributed by atoms with Crippen LogP contribution in [0.3, 0.4) is 0 Å². The molecular weight excluding hydrogens is 276 g/mol. The minimum absolute atomic E-state index is 0.0731. The SMILES string of the molecule is CCCC(CC(=O)O)NC(=O)N(CCOC)C(C)COC. The molecule has 7 nitrogen and oxygen atoms in total. The minimum Gasteiger partial charge on any atom is -0.481 e. The molecule has 0 saturated heterocycles. The maximum absolute atomic E-state index is 12.3. The van der Waals surface area contributed by atoms with Crippen LogP contribution in [0.15, 0.2) is 0 Å². The van der Waals surface area contributed by atoms with Gasteiger partial charge in [0.25, 0.3) is 0 Å². The van der Waals surface area contributed by atoms with Crippen LogP contribution in [0.5, 0.6) is 0 Å². The van der Waals surface area contributed by atoms with Crippen molar-refractivity contribution in [1.29, 1.82) is 0 Å². The summed E-state index contributed by atoms with van der Waals surface area (Å²) in [7, 11) is 3.15. The van der Waals surface area contributed by atoms with Crippen LogP contribution >= 0.6 is 0 Å². The van der Waals surface area contributed by atoms with E-state index >= 15 is 0 Å². The van der Waals surface area contributed by atoms with E-state index < -0.39 is 5.97 Å². The van der Waals surface area contributed by atoms with E-state index in [-0.39, 0.29) is 24.5 Å². The first-order chi connectivity index (χ1) is 9.96. The summed E-state index contributed by atoms with van der Waals surface area (Å²) in [6, 6.07) is -0.756. The molecule has 0 aliphatic rings. The van der Waals surface area contributed by atoms with Gasteiger partial charge in [-0.1, -0.05) is 13.3 Å². The number of urea groups is 1. The van der Waals surface area contributed by atoms with Crippen LogP contribution in [0.2, 0.25) is 0 Å². The Morgan fingerprint density at radius 3 is 2.43 bits per heavy atom. The summed E-state index contributed by atoms with van der Waals surface area (Å²) in [5.74, 6) is -0.915. The van der Waals surface area contributed by atoms with Crippen molar-refractivity contribution in [3.8, 4) is 0 Å². The Balaban J connectivity index is 4.70. The zero-order valence-electron chi connectivity index (χ0n) is 13.4. The van der Waals surface area contributed by atoms with E-state index in [9.17, 15) is 9.59 Å². The maximum Gasteiger partial charge on any atom is 0.318 e. The third-order valence-corrected chi connectivity index (χ3v) is 3.12. The number of carbonyl (C=O) groups excluding carboxylic acids is 1. The monoisotopic (exact) mass is 304 g/mol. The molecule has 0 heterocycles. The summed E-state index contributed by atoms with van der Waals surface area (Å²) in [6.07, 6.45) is 1.37. The van der Waals surface area contributed by atoms with Crippen LogP contribution < -0.4 is 5.32 Å². The Kier molecular flexibility index (Phi) is 10.6. The molecule has 0 aliphatic heterocycles. The fourth-order valence-corrected chi connectivity index (χ4v) is 2.08. The lowest BCUT2D eigenvalue weighted by Gasteiger charge is -2.30. The summed E-state index contributed by atoms with van der Waals surface area (Å²) < 4.78 is 10.1. The first-order valence-corrected chi connectivity index (χ1v) is 7.23. The van der Waals surface area contributed by atoms with Crippen molar-refractivity contribution in [3.63, 3.8) is 0 Å². The van der Waals surface area contributed by atoms with Gasteiger partial charge < -0.3 is 24.8 Å². The van der Waals surface area contributed by atoms with E-state index in [4.69, 9.17) is 14.6 Å². The van der Waals surface area contributed by atoms with E-state index in [1.165, 1.54) is 0 Å². The number of ether oxygens (including phenoxy) is 2. The van der Waals surface area contributed by atoms with E-state index in [0.717, 1.165) is 6.42 Å². The second-order valence-corrected chi connectivity index (χ2v) is 5.02. The summed E-state index contributed by atoms with van der Waals surface area (Å²) >= 11 is 0. The number of nitrogens with zero attached hydrogens (tertiary/aromatic N) is 1. The molecule has 0 bridgehead atoms. The van der Waals surface area contributed by atoms with E-state index in [2.05, 4.69) is 5.32 Å². The van der Waals surface area contributed by atoms with Crippen molar-refractivity contribution >= 4 is 12.0 Å². The molecule has 124 valence electrons. The van der Waals surface area contributed by atoms with Gasteiger partial charge in [-0.15, -0.1) is 0 Å². The van der Waals surface area contributed by atoms with Gasteiger partial charge in [0, 0.05) is 26.8 Å². The third kappa shape index (κ3) is 8.52. The van der Waals surface area contributed by atoms with Gasteiger partial charge >= 0.3 is 12.0 Å². The number of hydrogen-bond donors (Lipinski definition) is 2. The molecule has 0 saturated carbocycles. The van der Waals surface area contributed by atoms with Gasteiger partial charge in [0.2, 0.25) is 0 Å². The second-order valence-electron chi connectivity index (χ2n) is 5.02. The number of carboxylic acid groups (broad SMARTS) is 1. The van der Waals surface area contributed by atoms with Crippen LogP contribution in [0, 0.1) is 0 Å². The topological polar surface area (TPSA) is 88.1 Å². The number of nitrogens with one attached hydrogen (secondary N) is 1. The number of carboxylic acids is 1. The van der Waals surface area contributed by atoms with Gasteiger partial charge in [0.15, 0.2) is 0 Å². The average molecular weight is 304 g/mol. The van der Waals surface area contributed by atoms with Crippen molar-refractivity contribution < 1.29 is 24.2 Å². The number of carbonyl (C=O) groups is 2. The highest BCUT2D eigenvalue weighted by molar-refractivity contribution is 5.76. The lowest BCUT2D eigenvalue weighted by atomic mass is 10.1. The Labute approximate surface area is 126 Å². The molecule has 0 fully saturated rings. The van der Waals surface area contributed by atoms with Gasteiger partial charge in [-0.3, -0.25) is 4.79 Å². The highest BCUT2D eigenvalue weighted by Gasteiger charge is 2.23. The average Bonchev–Trinajstić information content (AvgIpc) is 2.39. The molecule has 0 spiro atoms. The molecule has 0 aromatic heterocycles. The van der Waals surface area contributed by atoms with E-state index in [0.29, 0.717) is 26.2 Å². The number of amides is 2. The lowest BCUT2D eigenvalue weighted by Crippen LogP contribution is -2.51. The second kappa shape index (κ2) is 11.3. The third-order valence-electron chi connectivity index (χ3n) is 3.12. The molecule has 2 atom stereocenters. The van der Waals surface area contributed by atoms with Gasteiger partial charge in [-0.2, -0.15) is 0 Å². The molecule has 2 unspecified atom stereocenters. The molecule has 21 heavy (non-hydrogen) atoms. The van der Waals surface area contributed by atoms with E-state index in [1.54, 1.807) is 19.1 Å². The van der Waals surface area contributed by atoms with Gasteiger partial charge in [0.05, 0.1) is 25.7 Å². The molecule has 0 aromatic carbocycles. The number of hydrogen-bond acceptors (Lipinski definition) is 4. The number of methoxy groups -OCH3 is 2. The molecule has 0 rings (SSSR count). The largest absolute Gasteiger partial charge is 0.481 e. The van der Waals surface area contributed by atoms with Crippen molar-refractivity contribution in [2.75, 3.05) is 34.0 Å². The van der Waals surface area contributed by atoms with Crippen LogP contribution in [0.1, 0.15) is 33.1 Å². The normalized spacial score (nSPS) is 13.5. The van der Waals surface area contributed by atoms with Crippen molar-refractivity contribution in [2.24, 2.45) is 0 Å². The first-order valence-electron chi connectivity index (χ1n) is 7.23. The summed E-state index contributed by atoms with van der Waals surface area (Å²) in [4.78, 5) is 24.8. The zero-order valence-corrected chi connectivity index (χ0v) is 13.4. The maximum atomic E-state index is 12.3. The zero-order chi connectivity index (χ0) is 16.3. The molecule has 0 aromatic rings. The molecule has 7 heteroatoms. The van der Waals surface area contributed by atoms with Crippen molar-refractivity contribution in [1.82, 2.24) is 10.2 Å². The fourth-order valence-electron chi connectivity index (χ4n) is 2.08.